The standard InChI is InChI=1S/C15H18N6O2/c1-4-13(22)17-10-6-5-7-11(8-10)23-9-12-18-14(16)20-15(19-12)21(2)3/h4-8H,1,9H2,2-3H3,(H,17,22)(H2,16,18,19,20). The lowest BCUT2D eigenvalue weighted by molar-refractivity contribution is -0.111. The first-order chi connectivity index (χ1) is 11.0. The molecule has 1 heterocycles. The van der Waals surface area contributed by atoms with Gasteiger partial charge < -0.3 is 20.7 Å². The fourth-order valence-electron chi connectivity index (χ4n) is 1.69. The second-order valence-electron chi connectivity index (χ2n) is 4.81. The molecule has 0 atom stereocenters. The molecule has 2 aromatic rings. The summed E-state index contributed by atoms with van der Waals surface area (Å²) in [4.78, 5) is 25.3. The number of hydrogen-bond donors (Lipinski definition) is 2. The third kappa shape index (κ3) is 4.67. The first-order valence-corrected chi connectivity index (χ1v) is 6.82. The normalized spacial score (nSPS) is 10.0. The topological polar surface area (TPSA) is 106 Å². The average molecular weight is 314 g/mol. The number of nitrogens with one attached hydrogen (secondary N) is 1. The molecule has 0 aliphatic rings. The number of hydrogen-bond acceptors (Lipinski definition) is 7. The molecular formula is C15H18N6O2. The molecule has 120 valence electrons. The Balaban J connectivity index is 2.07. The van der Waals surface area contributed by atoms with E-state index < -0.39 is 0 Å². The van der Waals surface area contributed by atoms with E-state index >= 15 is 0 Å². The third-order valence-electron chi connectivity index (χ3n) is 2.74. The number of nitrogen functional groups attached to an aromatic ring is 1. The summed E-state index contributed by atoms with van der Waals surface area (Å²) in [5.41, 5.74) is 6.27. The number of anilines is 3. The molecule has 0 spiro atoms. The van der Waals surface area contributed by atoms with Crippen molar-refractivity contribution < 1.29 is 9.53 Å². The Bertz CT molecular complexity index is 717. The largest absolute Gasteiger partial charge is 0.486 e. The van der Waals surface area contributed by atoms with Crippen molar-refractivity contribution >= 4 is 23.5 Å². The van der Waals surface area contributed by atoms with E-state index in [9.17, 15) is 4.79 Å². The minimum absolute atomic E-state index is 0.131. The van der Waals surface area contributed by atoms with Crippen LogP contribution in [0.4, 0.5) is 17.6 Å². The monoisotopic (exact) mass is 314 g/mol. The molecule has 0 aliphatic carbocycles. The van der Waals surface area contributed by atoms with Crippen molar-refractivity contribution in [3.05, 3.63) is 42.7 Å². The molecule has 0 unspecified atom stereocenters. The van der Waals surface area contributed by atoms with Gasteiger partial charge in [-0.25, -0.2) is 0 Å². The number of benzene rings is 1. The summed E-state index contributed by atoms with van der Waals surface area (Å²) in [6.07, 6.45) is 1.20. The average Bonchev–Trinajstić information content (AvgIpc) is 2.52. The van der Waals surface area contributed by atoms with Crippen molar-refractivity contribution in [1.29, 1.82) is 0 Å². The maximum atomic E-state index is 11.3. The first-order valence-electron chi connectivity index (χ1n) is 6.82. The molecule has 8 heteroatoms. The second kappa shape index (κ2) is 7.21. The van der Waals surface area contributed by atoms with Crippen LogP contribution in [0.5, 0.6) is 5.75 Å². The summed E-state index contributed by atoms with van der Waals surface area (Å²) in [6, 6.07) is 6.97. The number of aromatic nitrogens is 3. The van der Waals surface area contributed by atoms with Crippen LogP contribution in [0.2, 0.25) is 0 Å². The van der Waals surface area contributed by atoms with Crippen LogP contribution < -0.4 is 20.7 Å². The maximum absolute atomic E-state index is 11.3. The molecule has 1 aromatic carbocycles. The van der Waals surface area contributed by atoms with Gasteiger partial charge >= 0.3 is 0 Å². The van der Waals surface area contributed by atoms with Gasteiger partial charge in [-0.3, -0.25) is 4.79 Å². The maximum Gasteiger partial charge on any atom is 0.247 e. The Morgan fingerprint density at radius 2 is 2.17 bits per heavy atom. The van der Waals surface area contributed by atoms with Crippen molar-refractivity contribution in [1.82, 2.24) is 15.0 Å². The van der Waals surface area contributed by atoms with Gasteiger partial charge in [0.15, 0.2) is 5.82 Å². The molecule has 2 rings (SSSR count). The first kappa shape index (κ1) is 16.2. The third-order valence-corrected chi connectivity index (χ3v) is 2.74. The molecule has 3 N–H and O–H groups in total. The summed E-state index contributed by atoms with van der Waals surface area (Å²) in [7, 11) is 3.62. The number of ether oxygens (including phenoxy) is 1. The van der Waals surface area contributed by atoms with E-state index in [1.807, 2.05) is 14.1 Å². The molecule has 1 aromatic heterocycles. The van der Waals surface area contributed by atoms with E-state index in [1.165, 1.54) is 6.08 Å². The van der Waals surface area contributed by atoms with Gasteiger partial charge in [-0.05, 0) is 18.2 Å². The van der Waals surface area contributed by atoms with Crippen LogP contribution in [0.25, 0.3) is 0 Å². The Labute approximate surface area is 134 Å². The molecule has 1 amide bonds. The van der Waals surface area contributed by atoms with Crippen LogP contribution in [0.1, 0.15) is 5.82 Å². The van der Waals surface area contributed by atoms with Gasteiger partial charge in [-0.15, -0.1) is 0 Å². The van der Waals surface area contributed by atoms with Gasteiger partial charge in [0.1, 0.15) is 12.4 Å². The molecule has 0 saturated carbocycles. The lowest BCUT2D eigenvalue weighted by atomic mass is 10.3. The van der Waals surface area contributed by atoms with E-state index in [2.05, 4.69) is 26.8 Å². The Kier molecular flexibility index (Phi) is 5.08. The minimum Gasteiger partial charge on any atom is -0.486 e. The highest BCUT2D eigenvalue weighted by Gasteiger charge is 2.07. The summed E-state index contributed by atoms with van der Waals surface area (Å²) in [5.74, 6) is 1.29. The zero-order valence-corrected chi connectivity index (χ0v) is 13.0. The highest BCUT2D eigenvalue weighted by molar-refractivity contribution is 5.98. The Hall–Kier alpha value is -3.16. The van der Waals surface area contributed by atoms with Crippen LogP contribution in [-0.2, 0) is 11.4 Å². The van der Waals surface area contributed by atoms with Gasteiger partial charge in [-0.1, -0.05) is 12.6 Å². The highest BCUT2D eigenvalue weighted by atomic mass is 16.5. The van der Waals surface area contributed by atoms with Crippen molar-refractivity contribution in [2.24, 2.45) is 0 Å². The van der Waals surface area contributed by atoms with E-state index in [-0.39, 0.29) is 18.5 Å². The predicted molar refractivity (Wildman–Crippen MR) is 88.2 cm³/mol. The summed E-state index contributed by atoms with van der Waals surface area (Å²) in [5, 5.41) is 2.66. The van der Waals surface area contributed by atoms with Crippen LogP contribution in [-0.4, -0.2) is 35.0 Å². The minimum atomic E-state index is -0.289. The molecule has 0 bridgehead atoms. The lowest BCUT2D eigenvalue weighted by Crippen LogP contribution is -2.16. The van der Waals surface area contributed by atoms with E-state index in [4.69, 9.17) is 10.5 Å². The molecule has 0 aliphatic heterocycles. The molecular weight excluding hydrogens is 296 g/mol. The summed E-state index contributed by atoms with van der Waals surface area (Å²) in [6.45, 7) is 3.54. The fraction of sp³-hybridized carbons (Fsp3) is 0.200. The van der Waals surface area contributed by atoms with Gasteiger partial charge in [0.2, 0.25) is 17.8 Å². The van der Waals surface area contributed by atoms with Crippen molar-refractivity contribution in [2.75, 3.05) is 30.0 Å². The van der Waals surface area contributed by atoms with E-state index in [1.54, 1.807) is 29.2 Å². The zero-order chi connectivity index (χ0) is 16.8. The fourth-order valence-corrected chi connectivity index (χ4v) is 1.69. The zero-order valence-electron chi connectivity index (χ0n) is 13.0. The number of amides is 1. The number of carbonyl (C=O) groups is 1. The molecule has 8 nitrogen and oxygen atoms in total. The molecule has 0 radical (unpaired) electrons. The quantitative estimate of drug-likeness (QED) is 0.772. The molecule has 0 fully saturated rings. The number of carbonyl (C=O) groups excluding carboxylic acids is 1. The summed E-state index contributed by atoms with van der Waals surface area (Å²) >= 11 is 0. The van der Waals surface area contributed by atoms with Gasteiger partial charge in [-0.2, -0.15) is 15.0 Å². The number of nitrogens with two attached hydrogens (primary N) is 1. The number of rotatable bonds is 6. The van der Waals surface area contributed by atoms with Crippen LogP contribution in [0, 0.1) is 0 Å². The highest BCUT2D eigenvalue weighted by Crippen LogP contribution is 2.18. The SMILES string of the molecule is C=CC(=O)Nc1cccc(OCc2nc(N)nc(N(C)C)n2)c1. The molecule has 0 saturated heterocycles. The van der Waals surface area contributed by atoms with Crippen molar-refractivity contribution in [3.8, 4) is 5.75 Å². The number of nitrogens with zero attached hydrogens (tertiary/aromatic N) is 4. The van der Waals surface area contributed by atoms with Crippen molar-refractivity contribution in [2.45, 2.75) is 6.61 Å². The van der Waals surface area contributed by atoms with Crippen LogP contribution in [0.3, 0.4) is 0 Å². The van der Waals surface area contributed by atoms with E-state index in [0.717, 1.165) is 0 Å². The summed E-state index contributed by atoms with van der Waals surface area (Å²) < 4.78 is 5.63. The van der Waals surface area contributed by atoms with Crippen LogP contribution in [0.15, 0.2) is 36.9 Å². The lowest BCUT2D eigenvalue weighted by Gasteiger charge is -2.12. The second-order valence-corrected chi connectivity index (χ2v) is 4.81. The van der Waals surface area contributed by atoms with Crippen molar-refractivity contribution in [3.63, 3.8) is 0 Å². The molecule has 23 heavy (non-hydrogen) atoms. The van der Waals surface area contributed by atoms with E-state index in [0.29, 0.717) is 23.2 Å². The van der Waals surface area contributed by atoms with Gasteiger partial charge in [0.25, 0.3) is 0 Å². The smallest absolute Gasteiger partial charge is 0.247 e. The van der Waals surface area contributed by atoms with Gasteiger partial charge in [0, 0.05) is 25.8 Å². The van der Waals surface area contributed by atoms with Crippen LogP contribution >= 0.6 is 0 Å². The Morgan fingerprint density at radius 3 is 2.87 bits per heavy atom. The predicted octanol–water partition coefficient (Wildman–Crippen LogP) is 1.22. The Morgan fingerprint density at radius 1 is 1.39 bits per heavy atom. The van der Waals surface area contributed by atoms with Gasteiger partial charge in [0.05, 0.1) is 0 Å².